The van der Waals surface area contributed by atoms with Gasteiger partial charge in [-0.3, -0.25) is 14.5 Å². The summed E-state index contributed by atoms with van der Waals surface area (Å²) >= 11 is 0. The lowest BCUT2D eigenvalue weighted by Gasteiger charge is -2.29. The molecule has 5 rings (SSSR count). The summed E-state index contributed by atoms with van der Waals surface area (Å²) in [6.45, 7) is 2.44. The van der Waals surface area contributed by atoms with Crippen molar-refractivity contribution >= 4 is 5.91 Å². The number of hydrogen-bond donors (Lipinski definition) is 1. The van der Waals surface area contributed by atoms with Crippen LogP contribution in [-0.4, -0.2) is 38.8 Å². The van der Waals surface area contributed by atoms with Crippen molar-refractivity contribution in [3.05, 3.63) is 63.1 Å². The van der Waals surface area contributed by atoms with Gasteiger partial charge in [-0.15, -0.1) is 0 Å². The van der Waals surface area contributed by atoms with E-state index in [0.717, 1.165) is 43.5 Å². The Bertz CT molecular complexity index is 1050. The number of carbonyl (C=O) groups is 1. The fraction of sp³-hybridized carbons (Fsp3) is 0.560. The summed E-state index contributed by atoms with van der Waals surface area (Å²) in [4.78, 5) is 37.8. The Morgan fingerprint density at radius 2 is 1.94 bits per heavy atom. The van der Waals surface area contributed by atoms with Gasteiger partial charge in [-0.2, -0.15) is 0 Å². The van der Waals surface area contributed by atoms with Gasteiger partial charge in [0, 0.05) is 43.7 Å². The molecule has 2 aliphatic heterocycles. The van der Waals surface area contributed by atoms with Crippen LogP contribution in [-0.2, 0) is 24.3 Å². The highest BCUT2D eigenvalue weighted by molar-refractivity contribution is 5.77. The molecule has 6 nitrogen and oxygen atoms in total. The molecule has 0 radical (unpaired) electrons. The van der Waals surface area contributed by atoms with E-state index < -0.39 is 0 Å². The van der Waals surface area contributed by atoms with Crippen LogP contribution in [0.1, 0.15) is 73.6 Å². The van der Waals surface area contributed by atoms with Crippen molar-refractivity contribution in [1.82, 2.24) is 19.8 Å². The Hall–Kier alpha value is -2.54. The van der Waals surface area contributed by atoms with Crippen molar-refractivity contribution in [2.24, 2.45) is 5.92 Å². The number of aromatic nitrogens is 2. The largest absolute Gasteiger partial charge is 0.333 e. The van der Waals surface area contributed by atoms with Crippen LogP contribution in [0.3, 0.4) is 0 Å². The predicted molar refractivity (Wildman–Crippen MR) is 119 cm³/mol. The first-order chi connectivity index (χ1) is 15.6. The van der Waals surface area contributed by atoms with E-state index in [0.29, 0.717) is 49.8 Å². The van der Waals surface area contributed by atoms with E-state index >= 15 is 0 Å². The molecule has 32 heavy (non-hydrogen) atoms. The van der Waals surface area contributed by atoms with E-state index in [9.17, 15) is 14.0 Å². The first-order valence-corrected chi connectivity index (χ1v) is 12.0. The summed E-state index contributed by atoms with van der Waals surface area (Å²) in [5.74, 6) is 1.10. The predicted octanol–water partition coefficient (Wildman–Crippen LogP) is 3.71. The lowest BCUT2D eigenvalue weighted by atomic mass is 10.0. The summed E-state index contributed by atoms with van der Waals surface area (Å²) in [6.07, 6.45) is 7.72. The van der Waals surface area contributed by atoms with Crippen LogP contribution in [0.5, 0.6) is 0 Å². The average Bonchev–Trinajstić information content (AvgIpc) is 3.47. The number of amides is 1. The van der Waals surface area contributed by atoms with Crippen molar-refractivity contribution < 1.29 is 9.18 Å². The van der Waals surface area contributed by atoms with Crippen LogP contribution < -0.4 is 5.56 Å². The van der Waals surface area contributed by atoms with E-state index in [1.807, 2.05) is 11.0 Å². The van der Waals surface area contributed by atoms with E-state index in [2.05, 4.69) is 9.88 Å². The Balaban J connectivity index is 1.34. The molecule has 1 N–H and O–H groups in total. The molecule has 1 atom stereocenters. The summed E-state index contributed by atoms with van der Waals surface area (Å²) < 4.78 is 14.1. The van der Waals surface area contributed by atoms with Crippen LogP contribution in [0.15, 0.2) is 29.1 Å². The van der Waals surface area contributed by atoms with Crippen LogP contribution in [0.2, 0.25) is 0 Å². The number of H-pyrrole nitrogens is 1. The number of nitrogens with zero attached hydrogens (tertiary/aromatic N) is 3. The Morgan fingerprint density at radius 3 is 2.75 bits per heavy atom. The molecule has 0 spiro atoms. The van der Waals surface area contributed by atoms with Gasteiger partial charge < -0.3 is 9.88 Å². The number of benzene rings is 1. The molecule has 170 valence electrons. The monoisotopic (exact) mass is 438 g/mol. The molecule has 3 heterocycles. The number of likely N-dealkylation sites (tertiary alicyclic amines) is 1. The van der Waals surface area contributed by atoms with E-state index in [1.165, 1.54) is 18.9 Å². The summed E-state index contributed by atoms with van der Waals surface area (Å²) in [6, 6.07) is 6.66. The molecule has 2 fully saturated rings. The highest BCUT2D eigenvalue weighted by atomic mass is 19.1. The van der Waals surface area contributed by atoms with Crippen molar-refractivity contribution in [3.63, 3.8) is 0 Å². The lowest BCUT2D eigenvalue weighted by molar-refractivity contribution is -0.133. The van der Waals surface area contributed by atoms with Crippen LogP contribution in [0.25, 0.3) is 0 Å². The fourth-order valence-corrected chi connectivity index (χ4v) is 5.60. The topological polar surface area (TPSA) is 69.3 Å². The molecule has 0 unspecified atom stereocenters. The molecular weight excluding hydrogens is 407 g/mol. The zero-order chi connectivity index (χ0) is 22.1. The molecule has 1 saturated heterocycles. The van der Waals surface area contributed by atoms with Crippen LogP contribution >= 0.6 is 0 Å². The number of hydrogen-bond acceptors (Lipinski definition) is 4. The molecule has 1 amide bonds. The van der Waals surface area contributed by atoms with Gasteiger partial charge >= 0.3 is 0 Å². The van der Waals surface area contributed by atoms with Crippen molar-refractivity contribution in [2.45, 2.75) is 70.5 Å². The highest BCUT2D eigenvalue weighted by Crippen LogP contribution is 2.34. The first-order valence-electron chi connectivity index (χ1n) is 12.0. The Morgan fingerprint density at radius 1 is 1.12 bits per heavy atom. The normalized spacial score (nSPS) is 21.8. The third-order valence-electron chi connectivity index (χ3n) is 7.35. The van der Waals surface area contributed by atoms with Gasteiger partial charge in [-0.1, -0.05) is 31.0 Å². The molecule has 1 aromatic carbocycles. The van der Waals surface area contributed by atoms with Gasteiger partial charge in [0.25, 0.3) is 5.56 Å². The summed E-state index contributed by atoms with van der Waals surface area (Å²) in [5, 5.41) is 0. The maximum atomic E-state index is 14.1. The third-order valence-corrected chi connectivity index (χ3v) is 7.35. The summed E-state index contributed by atoms with van der Waals surface area (Å²) in [5.41, 5.74) is 2.05. The van der Waals surface area contributed by atoms with Crippen molar-refractivity contribution in [2.75, 3.05) is 13.1 Å². The minimum Gasteiger partial charge on any atom is -0.333 e. The SMILES string of the molecule is O=C(CC1CCCC1)N1CCC[C@H]1c1nc2c(c(=O)[nH]1)CCN(Cc1ccccc1F)C2. The van der Waals surface area contributed by atoms with E-state index in [4.69, 9.17) is 4.98 Å². The second kappa shape index (κ2) is 9.14. The number of aromatic amines is 1. The van der Waals surface area contributed by atoms with Gasteiger partial charge in [-0.05, 0) is 44.1 Å². The van der Waals surface area contributed by atoms with E-state index in [-0.39, 0.29) is 23.3 Å². The molecule has 7 heteroatoms. The maximum absolute atomic E-state index is 14.1. The van der Waals surface area contributed by atoms with Gasteiger partial charge in [0.1, 0.15) is 11.6 Å². The molecule has 1 aliphatic carbocycles. The van der Waals surface area contributed by atoms with Crippen LogP contribution in [0.4, 0.5) is 4.39 Å². The second-order valence-corrected chi connectivity index (χ2v) is 9.53. The highest BCUT2D eigenvalue weighted by Gasteiger charge is 2.34. The minimum atomic E-state index is -0.208. The maximum Gasteiger partial charge on any atom is 0.254 e. The average molecular weight is 439 g/mol. The van der Waals surface area contributed by atoms with E-state index in [1.54, 1.807) is 12.1 Å². The third kappa shape index (κ3) is 4.35. The van der Waals surface area contributed by atoms with Crippen molar-refractivity contribution in [3.8, 4) is 0 Å². The van der Waals surface area contributed by atoms with Crippen LogP contribution in [0, 0.1) is 11.7 Å². The van der Waals surface area contributed by atoms with Gasteiger partial charge in [0.05, 0.1) is 11.7 Å². The number of fused-ring (bicyclic) bond motifs is 1. The molecular formula is C25H31FN4O2. The quantitative estimate of drug-likeness (QED) is 0.773. The summed E-state index contributed by atoms with van der Waals surface area (Å²) in [7, 11) is 0. The van der Waals surface area contributed by atoms with Gasteiger partial charge in [-0.25, -0.2) is 9.37 Å². The number of carbonyl (C=O) groups excluding carboxylic acids is 1. The Labute approximate surface area is 187 Å². The lowest BCUT2D eigenvalue weighted by Crippen LogP contribution is -2.37. The first kappa shape index (κ1) is 21.3. The smallest absolute Gasteiger partial charge is 0.254 e. The number of nitrogens with one attached hydrogen (secondary N) is 1. The molecule has 3 aliphatic rings. The zero-order valence-electron chi connectivity index (χ0n) is 18.5. The molecule has 1 aromatic heterocycles. The Kier molecular flexibility index (Phi) is 6.09. The number of halogens is 1. The molecule has 1 saturated carbocycles. The number of rotatable bonds is 5. The molecule has 0 bridgehead atoms. The van der Waals surface area contributed by atoms with Crippen molar-refractivity contribution in [1.29, 1.82) is 0 Å². The molecule has 2 aromatic rings. The fourth-order valence-electron chi connectivity index (χ4n) is 5.60. The van der Waals surface area contributed by atoms with Gasteiger partial charge in [0.2, 0.25) is 5.91 Å². The zero-order valence-corrected chi connectivity index (χ0v) is 18.5. The standard InChI is InChI=1S/C25H31FN4O2/c26-20-9-4-3-8-18(20)15-29-13-11-19-21(16-29)27-24(28-25(19)32)22-10-5-12-30(22)23(31)14-17-6-1-2-7-17/h3-4,8-9,17,22H,1-2,5-7,10-16H2,(H,27,28,32)/t22-/m0/s1. The van der Waals surface area contributed by atoms with Gasteiger partial charge in [0.15, 0.2) is 0 Å². The second-order valence-electron chi connectivity index (χ2n) is 9.53. The minimum absolute atomic E-state index is 0.0920.